The fourth-order valence-corrected chi connectivity index (χ4v) is 2.88. The Morgan fingerprint density at radius 2 is 1.57 bits per heavy atom. The highest BCUT2D eigenvalue weighted by Crippen LogP contribution is 2.19. The number of rotatable bonds is 2. The molecule has 0 saturated carbocycles. The second-order valence-corrected chi connectivity index (χ2v) is 5.27. The van der Waals surface area contributed by atoms with Crippen LogP contribution in [0.15, 0.2) is 17.0 Å². The Morgan fingerprint density at radius 1 is 1.14 bits per heavy atom. The molecule has 0 amide bonds. The highest BCUT2D eigenvalue weighted by molar-refractivity contribution is 7.84. The number of nitrogens with two attached hydrogens (primary N) is 1. The maximum atomic E-state index is 11.6. The minimum atomic E-state index is -3.31. The molecule has 0 aromatic heterocycles. The predicted molar refractivity (Wildman–Crippen MR) is 55.1 cm³/mol. The van der Waals surface area contributed by atoms with Gasteiger partial charge in [0.05, 0.1) is 0 Å². The van der Waals surface area contributed by atoms with Crippen molar-refractivity contribution in [3.05, 3.63) is 35.9 Å². The van der Waals surface area contributed by atoms with E-state index in [0.717, 1.165) is 21.4 Å². The van der Waals surface area contributed by atoms with Crippen LogP contribution in [0.1, 0.15) is 16.7 Å². The molecular formula is C10H15NO2S. The van der Waals surface area contributed by atoms with Crippen LogP contribution in [0.25, 0.3) is 0 Å². The zero-order valence-corrected chi connectivity index (χ0v) is 9.48. The molecule has 14 heavy (non-hydrogen) atoms. The molecule has 1 rings (SSSR count). The minimum absolute atomic E-state index is 0.387. The Labute approximate surface area is 85.2 Å². The van der Waals surface area contributed by atoms with Crippen molar-refractivity contribution in [2.24, 2.45) is 0 Å². The summed E-state index contributed by atoms with van der Waals surface area (Å²) in [4.78, 5) is 0.387. The molecule has 1 aromatic carbocycles. The molecule has 1 aromatic rings. The molecule has 4 heteroatoms. The van der Waals surface area contributed by atoms with Gasteiger partial charge < -0.3 is 4.72 Å². The van der Waals surface area contributed by atoms with Crippen molar-refractivity contribution >= 4 is 10.0 Å². The van der Waals surface area contributed by atoms with Crippen LogP contribution in [0.5, 0.6) is 0 Å². The van der Waals surface area contributed by atoms with E-state index >= 15 is 0 Å². The first-order chi connectivity index (χ1) is 6.38. The van der Waals surface area contributed by atoms with Gasteiger partial charge >= 0.3 is 0 Å². The molecule has 3 nitrogen and oxygen atoms in total. The number of benzene rings is 1. The summed E-state index contributed by atoms with van der Waals surface area (Å²) in [5, 5.41) is 0. The average Bonchev–Trinajstić information content (AvgIpc) is 2.01. The largest absolute Gasteiger partial charge is 0.367 e. The number of quaternary nitrogens is 1. The van der Waals surface area contributed by atoms with Gasteiger partial charge in [-0.25, -0.2) is 0 Å². The lowest BCUT2D eigenvalue weighted by atomic mass is 10.1. The highest BCUT2D eigenvalue weighted by atomic mass is 32.2. The van der Waals surface area contributed by atoms with Gasteiger partial charge in [-0.05, 0) is 31.9 Å². The molecule has 0 spiro atoms. The second kappa shape index (κ2) is 3.71. The smallest absolute Gasteiger partial charge is 0.300 e. The Bertz CT molecular complexity index is 426. The molecule has 0 aliphatic rings. The molecule has 0 bridgehead atoms. The first kappa shape index (κ1) is 11.2. The lowest BCUT2D eigenvalue weighted by molar-refractivity contribution is -0.424. The summed E-state index contributed by atoms with van der Waals surface area (Å²) in [6.07, 6.45) is 0. The van der Waals surface area contributed by atoms with Gasteiger partial charge in [0.25, 0.3) is 10.0 Å². The van der Waals surface area contributed by atoms with Crippen LogP contribution in [-0.2, 0) is 10.0 Å². The van der Waals surface area contributed by atoms with Crippen LogP contribution < -0.4 is 4.72 Å². The van der Waals surface area contributed by atoms with Crippen molar-refractivity contribution < 1.29 is 13.1 Å². The van der Waals surface area contributed by atoms with E-state index in [0.29, 0.717) is 4.90 Å². The molecule has 0 atom stereocenters. The van der Waals surface area contributed by atoms with E-state index < -0.39 is 10.0 Å². The van der Waals surface area contributed by atoms with Crippen LogP contribution in [0.2, 0.25) is 0 Å². The molecular weight excluding hydrogens is 198 g/mol. The Morgan fingerprint density at radius 3 is 1.93 bits per heavy atom. The van der Waals surface area contributed by atoms with Crippen LogP contribution in [-0.4, -0.2) is 8.42 Å². The fraction of sp³-hybridized carbons (Fsp3) is 0.300. The van der Waals surface area contributed by atoms with Gasteiger partial charge in [-0.15, -0.1) is 7.05 Å². The summed E-state index contributed by atoms with van der Waals surface area (Å²) in [6, 6.07) is 3.73. The quantitative estimate of drug-likeness (QED) is 0.734. The van der Waals surface area contributed by atoms with E-state index in [4.69, 9.17) is 0 Å². The molecule has 0 fully saturated rings. The molecule has 0 unspecified atom stereocenters. The number of aryl methyl sites for hydroxylation is 3. The number of sulfonamides is 1. The summed E-state index contributed by atoms with van der Waals surface area (Å²) < 4.78 is 24.3. The maximum Gasteiger partial charge on any atom is 0.300 e. The van der Waals surface area contributed by atoms with E-state index in [1.54, 1.807) is 13.8 Å². The van der Waals surface area contributed by atoms with Gasteiger partial charge in [-0.2, -0.15) is 8.42 Å². The predicted octanol–water partition coefficient (Wildman–Crippen LogP) is 0.656. The Kier molecular flexibility index (Phi) is 2.97. The van der Waals surface area contributed by atoms with Gasteiger partial charge in [0.2, 0.25) is 0 Å². The SMILES string of the molecule is [CH2-][NH2+]S(=O)(=O)c1c(C)cc(C)cc1C. The van der Waals surface area contributed by atoms with Crippen molar-refractivity contribution in [1.82, 2.24) is 0 Å². The van der Waals surface area contributed by atoms with Crippen LogP contribution >= 0.6 is 0 Å². The summed E-state index contributed by atoms with van der Waals surface area (Å²) in [5.74, 6) is 0. The summed E-state index contributed by atoms with van der Waals surface area (Å²) in [7, 11) is 0.0130. The monoisotopic (exact) mass is 213 g/mol. The van der Waals surface area contributed by atoms with E-state index in [1.807, 2.05) is 19.1 Å². The molecule has 78 valence electrons. The number of primary sulfonamides is 1. The van der Waals surface area contributed by atoms with Crippen LogP contribution in [0.4, 0.5) is 0 Å². The van der Waals surface area contributed by atoms with E-state index in [-0.39, 0.29) is 0 Å². The summed E-state index contributed by atoms with van der Waals surface area (Å²) in [6.45, 7) is 5.55. The average molecular weight is 213 g/mol. The van der Waals surface area contributed by atoms with Crippen molar-refractivity contribution in [3.8, 4) is 0 Å². The zero-order valence-electron chi connectivity index (χ0n) is 8.66. The van der Waals surface area contributed by atoms with Gasteiger partial charge in [-0.3, -0.25) is 0 Å². The standard InChI is InChI=1S/C10H15NO2S/c1-7-5-8(2)10(9(3)6-7)14(12,13)11-4/h5-6H,4,11H2,1-3H3. The van der Waals surface area contributed by atoms with Gasteiger partial charge in [0.15, 0.2) is 0 Å². The third-order valence-electron chi connectivity index (χ3n) is 2.11. The van der Waals surface area contributed by atoms with Gasteiger partial charge in [-0.1, -0.05) is 17.7 Å². The number of hydrogen-bond donors (Lipinski definition) is 1. The normalized spacial score (nSPS) is 11.7. The maximum absolute atomic E-state index is 11.6. The van der Waals surface area contributed by atoms with Crippen LogP contribution in [0.3, 0.4) is 0 Å². The third-order valence-corrected chi connectivity index (χ3v) is 3.76. The third kappa shape index (κ3) is 1.96. The first-order valence-corrected chi connectivity index (χ1v) is 5.88. The van der Waals surface area contributed by atoms with Crippen molar-refractivity contribution in [1.29, 1.82) is 0 Å². The molecule has 0 radical (unpaired) electrons. The number of hydrogen-bond acceptors (Lipinski definition) is 2. The van der Waals surface area contributed by atoms with Gasteiger partial charge in [0, 0.05) is 0 Å². The second-order valence-electron chi connectivity index (χ2n) is 3.44. The molecule has 0 aliphatic carbocycles. The van der Waals surface area contributed by atoms with E-state index in [1.165, 1.54) is 0 Å². The summed E-state index contributed by atoms with van der Waals surface area (Å²) in [5.41, 5.74) is 2.63. The topological polar surface area (TPSA) is 50.8 Å². The first-order valence-electron chi connectivity index (χ1n) is 4.34. The Hall–Kier alpha value is -0.870. The van der Waals surface area contributed by atoms with E-state index in [9.17, 15) is 8.42 Å². The molecule has 0 saturated heterocycles. The molecule has 0 heterocycles. The minimum Gasteiger partial charge on any atom is -0.367 e. The highest BCUT2D eigenvalue weighted by Gasteiger charge is 2.18. The van der Waals surface area contributed by atoms with Crippen molar-refractivity contribution in [2.45, 2.75) is 25.7 Å². The van der Waals surface area contributed by atoms with Crippen LogP contribution in [0, 0.1) is 27.8 Å². The molecule has 2 N–H and O–H groups in total. The van der Waals surface area contributed by atoms with E-state index in [2.05, 4.69) is 7.05 Å². The summed E-state index contributed by atoms with van der Waals surface area (Å²) >= 11 is 0. The lowest BCUT2D eigenvalue weighted by Gasteiger charge is -2.10. The lowest BCUT2D eigenvalue weighted by Crippen LogP contribution is -2.80. The molecule has 0 aliphatic heterocycles. The zero-order chi connectivity index (χ0) is 10.9. The van der Waals surface area contributed by atoms with Crippen molar-refractivity contribution in [2.75, 3.05) is 0 Å². The Balaban J connectivity index is 3.51. The fourth-order valence-electron chi connectivity index (χ4n) is 1.70. The van der Waals surface area contributed by atoms with Crippen molar-refractivity contribution in [3.63, 3.8) is 0 Å². The van der Waals surface area contributed by atoms with Gasteiger partial charge in [0.1, 0.15) is 4.90 Å².